The lowest BCUT2D eigenvalue weighted by Crippen LogP contribution is -2.35. The van der Waals surface area contributed by atoms with Crippen LogP contribution in [0.15, 0.2) is 24.3 Å². The van der Waals surface area contributed by atoms with Crippen molar-refractivity contribution in [1.82, 2.24) is 0 Å². The van der Waals surface area contributed by atoms with Crippen molar-refractivity contribution in [3.05, 3.63) is 29.8 Å². The van der Waals surface area contributed by atoms with Gasteiger partial charge in [-0.15, -0.1) is 0 Å². The van der Waals surface area contributed by atoms with E-state index in [-0.39, 0.29) is 5.91 Å². The van der Waals surface area contributed by atoms with Gasteiger partial charge >= 0.3 is 0 Å². The van der Waals surface area contributed by atoms with Crippen LogP contribution in [-0.2, 0) is 10.2 Å². The molecule has 14 heavy (non-hydrogen) atoms. The Hall–Kier alpha value is -1.51. The number of hydrogen-bond donors (Lipinski definition) is 2. The van der Waals surface area contributed by atoms with Gasteiger partial charge in [-0.05, 0) is 31.5 Å². The lowest BCUT2D eigenvalue weighted by molar-refractivity contribution is -0.122. The highest BCUT2D eigenvalue weighted by Crippen LogP contribution is 2.23. The molecule has 3 heteroatoms. The summed E-state index contributed by atoms with van der Waals surface area (Å²) in [5.41, 5.74) is 6.67. The second kappa shape index (κ2) is 3.70. The summed E-state index contributed by atoms with van der Waals surface area (Å²) < 4.78 is 0. The summed E-state index contributed by atoms with van der Waals surface area (Å²) in [6.45, 7) is 3.65. The van der Waals surface area contributed by atoms with Crippen LogP contribution in [0.1, 0.15) is 19.4 Å². The molecule has 0 saturated carbocycles. The molecule has 3 nitrogen and oxygen atoms in total. The van der Waals surface area contributed by atoms with E-state index in [1.807, 2.05) is 45.2 Å². The monoisotopic (exact) mass is 192 g/mol. The Morgan fingerprint density at radius 1 is 1.29 bits per heavy atom. The SMILES string of the molecule is CNc1ccc(C(C)(C)C(N)=O)cc1. The van der Waals surface area contributed by atoms with Gasteiger partial charge in [0.2, 0.25) is 5.91 Å². The summed E-state index contributed by atoms with van der Waals surface area (Å²) in [7, 11) is 1.86. The van der Waals surface area contributed by atoms with E-state index < -0.39 is 5.41 Å². The van der Waals surface area contributed by atoms with Crippen molar-refractivity contribution in [2.75, 3.05) is 12.4 Å². The van der Waals surface area contributed by atoms with Gasteiger partial charge in [-0.25, -0.2) is 0 Å². The van der Waals surface area contributed by atoms with Gasteiger partial charge in [0.1, 0.15) is 0 Å². The zero-order valence-electron chi connectivity index (χ0n) is 8.79. The Kier molecular flexibility index (Phi) is 2.79. The smallest absolute Gasteiger partial charge is 0.227 e. The fraction of sp³-hybridized carbons (Fsp3) is 0.364. The highest BCUT2D eigenvalue weighted by molar-refractivity contribution is 5.85. The summed E-state index contributed by atoms with van der Waals surface area (Å²) in [6, 6.07) is 7.69. The van der Waals surface area contributed by atoms with Gasteiger partial charge in [0.15, 0.2) is 0 Å². The van der Waals surface area contributed by atoms with Crippen molar-refractivity contribution in [3.63, 3.8) is 0 Å². The molecule has 0 atom stereocenters. The normalized spacial score (nSPS) is 11.1. The minimum Gasteiger partial charge on any atom is -0.388 e. The number of nitrogens with one attached hydrogen (secondary N) is 1. The average Bonchev–Trinajstić information content (AvgIpc) is 2.17. The topological polar surface area (TPSA) is 55.1 Å². The summed E-state index contributed by atoms with van der Waals surface area (Å²) in [6.07, 6.45) is 0. The minimum atomic E-state index is -0.605. The standard InChI is InChI=1S/C11H16N2O/c1-11(2,10(12)14)8-4-6-9(13-3)7-5-8/h4-7,13H,1-3H3,(H2,12,14). The maximum atomic E-state index is 11.2. The Bertz CT molecular complexity index is 328. The van der Waals surface area contributed by atoms with Crippen LogP contribution in [0.3, 0.4) is 0 Å². The fourth-order valence-electron chi connectivity index (χ4n) is 1.20. The van der Waals surface area contributed by atoms with Crippen LogP contribution in [-0.4, -0.2) is 13.0 Å². The highest BCUT2D eigenvalue weighted by Gasteiger charge is 2.26. The van der Waals surface area contributed by atoms with Gasteiger partial charge in [0.25, 0.3) is 0 Å². The quantitative estimate of drug-likeness (QED) is 0.762. The van der Waals surface area contributed by atoms with Crippen molar-refractivity contribution in [1.29, 1.82) is 0 Å². The lowest BCUT2D eigenvalue weighted by Gasteiger charge is -2.21. The van der Waals surface area contributed by atoms with Gasteiger partial charge < -0.3 is 11.1 Å². The first kappa shape index (κ1) is 10.6. The fourth-order valence-corrected chi connectivity index (χ4v) is 1.20. The van der Waals surface area contributed by atoms with E-state index in [1.165, 1.54) is 0 Å². The van der Waals surface area contributed by atoms with Crippen LogP contribution >= 0.6 is 0 Å². The number of primary amides is 1. The van der Waals surface area contributed by atoms with Crippen molar-refractivity contribution in [3.8, 4) is 0 Å². The van der Waals surface area contributed by atoms with Gasteiger partial charge in [0.05, 0.1) is 5.41 Å². The minimum absolute atomic E-state index is 0.310. The van der Waals surface area contributed by atoms with E-state index in [2.05, 4.69) is 5.32 Å². The zero-order chi connectivity index (χ0) is 10.8. The van der Waals surface area contributed by atoms with E-state index in [0.717, 1.165) is 11.3 Å². The third-order valence-electron chi connectivity index (χ3n) is 2.51. The summed E-state index contributed by atoms with van der Waals surface area (Å²) in [5.74, 6) is -0.310. The maximum Gasteiger partial charge on any atom is 0.227 e. The summed E-state index contributed by atoms with van der Waals surface area (Å²) in [5, 5.41) is 3.02. The molecule has 0 aromatic heterocycles. The molecule has 0 saturated heterocycles. The molecule has 0 radical (unpaired) electrons. The number of benzene rings is 1. The first-order chi connectivity index (χ1) is 6.48. The van der Waals surface area contributed by atoms with Gasteiger partial charge in [-0.1, -0.05) is 12.1 Å². The van der Waals surface area contributed by atoms with Crippen LogP contribution in [0.25, 0.3) is 0 Å². The highest BCUT2D eigenvalue weighted by atomic mass is 16.1. The molecule has 0 heterocycles. The average molecular weight is 192 g/mol. The Morgan fingerprint density at radius 2 is 1.79 bits per heavy atom. The molecule has 1 aromatic carbocycles. The zero-order valence-corrected chi connectivity index (χ0v) is 8.79. The number of nitrogens with two attached hydrogens (primary N) is 1. The van der Waals surface area contributed by atoms with Crippen LogP contribution in [0.4, 0.5) is 5.69 Å². The molecule has 0 bridgehead atoms. The first-order valence-corrected chi connectivity index (χ1v) is 4.56. The van der Waals surface area contributed by atoms with Gasteiger partial charge in [-0.3, -0.25) is 4.79 Å². The second-order valence-corrected chi connectivity index (χ2v) is 3.82. The van der Waals surface area contributed by atoms with E-state index in [9.17, 15) is 4.79 Å². The summed E-state index contributed by atoms with van der Waals surface area (Å²) in [4.78, 5) is 11.2. The van der Waals surface area contributed by atoms with E-state index in [0.29, 0.717) is 0 Å². The molecular formula is C11H16N2O. The Labute approximate surface area is 84.3 Å². The van der Waals surface area contributed by atoms with Crippen LogP contribution in [0, 0.1) is 0 Å². The third-order valence-corrected chi connectivity index (χ3v) is 2.51. The lowest BCUT2D eigenvalue weighted by atomic mass is 9.84. The number of hydrogen-bond acceptors (Lipinski definition) is 2. The number of carbonyl (C=O) groups is 1. The predicted octanol–water partition coefficient (Wildman–Crippen LogP) is 1.49. The molecule has 1 amide bonds. The molecule has 1 rings (SSSR count). The van der Waals surface area contributed by atoms with Crippen LogP contribution in [0.5, 0.6) is 0 Å². The van der Waals surface area contributed by atoms with Crippen molar-refractivity contribution < 1.29 is 4.79 Å². The largest absolute Gasteiger partial charge is 0.388 e. The van der Waals surface area contributed by atoms with Crippen LogP contribution in [0.2, 0.25) is 0 Å². The Morgan fingerprint density at radius 3 is 2.14 bits per heavy atom. The first-order valence-electron chi connectivity index (χ1n) is 4.56. The number of carbonyl (C=O) groups excluding carboxylic acids is 1. The van der Waals surface area contributed by atoms with Crippen molar-refractivity contribution in [2.24, 2.45) is 5.73 Å². The molecule has 1 aromatic rings. The predicted molar refractivity (Wildman–Crippen MR) is 58.2 cm³/mol. The van der Waals surface area contributed by atoms with E-state index in [4.69, 9.17) is 5.73 Å². The number of anilines is 1. The third kappa shape index (κ3) is 1.87. The van der Waals surface area contributed by atoms with Crippen molar-refractivity contribution >= 4 is 11.6 Å². The maximum absolute atomic E-state index is 11.2. The molecule has 0 aliphatic carbocycles. The molecule has 3 N–H and O–H groups in total. The van der Waals surface area contributed by atoms with E-state index >= 15 is 0 Å². The van der Waals surface area contributed by atoms with Crippen molar-refractivity contribution in [2.45, 2.75) is 19.3 Å². The Balaban J connectivity index is 3.02. The number of amides is 1. The molecule has 0 fully saturated rings. The molecular weight excluding hydrogens is 176 g/mol. The van der Waals surface area contributed by atoms with Crippen LogP contribution < -0.4 is 11.1 Å². The number of rotatable bonds is 3. The molecule has 0 unspecified atom stereocenters. The second-order valence-electron chi connectivity index (χ2n) is 3.82. The molecule has 76 valence electrons. The molecule has 0 aliphatic heterocycles. The van der Waals surface area contributed by atoms with Gasteiger partial charge in [-0.2, -0.15) is 0 Å². The van der Waals surface area contributed by atoms with Gasteiger partial charge in [0, 0.05) is 12.7 Å². The summed E-state index contributed by atoms with van der Waals surface area (Å²) >= 11 is 0. The van der Waals surface area contributed by atoms with E-state index in [1.54, 1.807) is 0 Å². The molecule has 0 spiro atoms. The molecule has 0 aliphatic rings.